The molecule has 0 bridgehead atoms. The molecule has 0 aliphatic heterocycles. The van der Waals surface area contributed by atoms with E-state index in [2.05, 4.69) is 0 Å². The van der Waals surface area contributed by atoms with Gasteiger partial charge < -0.3 is 64.0 Å². The van der Waals surface area contributed by atoms with Crippen LogP contribution in [0.1, 0.15) is 111 Å². The number of primary amides is 1. The Morgan fingerprint density at radius 1 is 0.303 bits per heavy atom. The summed E-state index contributed by atoms with van der Waals surface area (Å²) in [4.78, 5) is 157. The molecule has 2 N–H and O–H groups in total. The highest BCUT2D eigenvalue weighted by atomic mass is 16.5. The lowest BCUT2D eigenvalue weighted by Crippen LogP contribution is -2.54. The summed E-state index contributed by atoms with van der Waals surface area (Å²) in [5, 5.41) is 0. The number of hydrogen-bond donors (Lipinski definition) is 1. The summed E-state index contributed by atoms with van der Waals surface area (Å²) in [7, 11) is 4.36. The normalized spacial score (nSPS) is 12.8. The molecule has 99 heavy (non-hydrogen) atoms. The Bertz CT molecular complexity index is 3550. The van der Waals surface area contributed by atoms with E-state index in [4.69, 9.17) is 19.9 Å². The molecule has 0 saturated heterocycles. The molecule has 10 amide bonds. The molecule has 0 aromatic heterocycles. The van der Waals surface area contributed by atoms with E-state index in [0.717, 1.165) is 5.56 Å². The molecule has 0 radical (unpaired) electrons. The van der Waals surface area contributed by atoms with Crippen molar-refractivity contribution >= 4 is 59.6 Å². The van der Waals surface area contributed by atoms with Crippen LogP contribution in [0.3, 0.4) is 0 Å². The molecular weight excluding hydrogens is 1260 g/mol. The molecule has 6 aromatic rings. The Labute approximate surface area is 581 Å². The predicted octanol–water partition coefficient (Wildman–Crippen LogP) is 7.07. The molecule has 23 heteroatoms. The highest BCUT2D eigenvalue weighted by Gasteiger charge is 2.37. The first-order valence-electron chi connectivity index (χ1n) is 33.2. The first-order chi connectivity index (χ1) is 47.6. The van der Waals surface area contributed by atoms with Crippen LogP contribution in [0.2, 0.25) is 0 Å². The topological polar surface area (TPSA) is 254 Å². The molecule has 0 aliphatic rings. The second-order valence-corrected chi connectivity index (χ2v) is 24.3. The van der Waals surface area contributed by atoms with Crippen molar-refractivity contribution in [2.75, 3.05) is 120 Å². The fourth-order valence-corrected chi connectivity index (χ4v) is 11.6. The molecule has 0 unspecified atom stereocenters. The maximum Gasteiger partial charge on any atom is 0.243 e. The zero-order valence-corrected chi connectivity index (χ0v) is 58.4. The second kappa shape index (κ2) is 40.0. The minimum Gasteiger partial charge on any atom is -0.383 e. The summed E-state index contributed by atoms with van der Waals surface area (Å²) in [6, 6.07) is 49.8. The van der Waals surface area contributed by atoms with E-state index >= 15 is 28.8 Å². The Morgan fingerprint density at radius 2 is 0.505 bits per heavy atom. The standard InChI is InChI=1S/C76H96N10O13/c1-56(62-28-16-10-17-29-62)81(46-68(77)88)74(94)52-85(60(5)66-36-24-14-25-37-66)72(92)48-79(41-44-98-8)70(90)51-83(58(3)64-32-20-12-21-33-64)76(96)54-86(61(6)67-38-26-15-27-39-67)73(93)49-80(42-45-99-9)69(89)50-82(57(2)63-30-18-11-19-31-63)75(95)53-84(59(4)65-34-22-13-23-35-65)71(91)47-78(55-87)40-43-97-7/h10-39,55-61H,40-54H2,1-9H3,(H2,77,88)/t56-,57-,58-,59-,60-,61-/m0/s1. The van der Waals surface area contributed by atoms with Crippen LogP contribution >= 0.6 is 0 Å². The van der Waals surface area contributed by atoms with Crippen LogP contribution in [0.4, 0.5) is 0 Å². The van der Waals surface area contributed by atoms with Gasteiger partial charge in [-0.3, -0.25) is 47.9 Å². The number of nitrogens with two attached hydrogens (primary N) is 1. The Kier molecular flexibility index (Phi) is 31.4. The van der Waals surface area contributed by atoms with Gasteiger partial charge in [0.2, 0.25) is 59.6 Å². The molecule has 6 aromatic carbocycles. The summed E-state index contributed by atoms with van der Waals surface area (Å²) in [6.07, 6.45) is 0.545. The molecule has 0 fully saturated rings. The SMILES string of the molecule is COCCN(C=O)CC(=O)N(CC(=O)N(CC(=O)N(CCOC)CC(=O)N(CC(=O)N(CC(=O)N(CCOC)CC(=O)N(CC(=O)N(CC(N)=O)[C@@H](C)c1ccccc1)[C@@H](C)c1ccccc1)[C@@H](C)c1ccccc1)[C@@H](C)c1ccccc1)[C@@H](C)c1ccccc1)[C@@H](C)c1ccccc1. The van der Waals surface area contributed by atoms with Gasteiger partial charge in [0.05, 0.1) is 82.3 Å². The number of methoxy groups -OCH3 is 3. The second-order valence-electron chi connectivity index (χ2n) is 24.3. The summed E-state index contributed by atoms with van der Waals surface area (Å²) >= 11 is 0. The van der Waals surface area contributed by atoms with Crippen LogP contribution in [0.5, 0.6) is 0 Å². The number of amides is 10. The van der Waals surface area contributed by atoms with Crippen molar-refractivity contribution in [3.8, 4) is 0 Å². The van der Waals surface area contributed by atoms with Crippen molar-refractivity contribution < 1.29 is 62.2 Å². The van der Waals surface area contributed by atoms with Crippen molar-refractivity contribution in [2.24, 2.45) is 5.73 Å². The van der Waals surface area contributed by atoms with Crippen molar-refractivity contribution in [1.82, 2.24) is 44.1 Å². The average Bonchev–Trinajstić information content (AvgIpc) is 0.853. The van der Waals surface area contributed by atoms with E-state index in [1.54, 1.807) is 114 Å². The van der Waals surface area contributed by atoms with Crippen LogP contribution in [0.15, 0.2) is 182 Å². The van der Waals surface area contributed by atoms with Gasteiger partial charge in [0.15, 0.2) is 0 Å². The van der Waals surface area contributed by atoms with E-state index in [0.29, 0.717) is 34.2 Å². The number of carbonyl (C=O) groups excluding carboxylic acids is 10. The van der Waals surface area contributed by atoms with E-state index in [1.807, 2.05) is 109 Å². The third kappa shape index (κ3) is 23.0. The molecular formula is C76H96N10O13. The Balaban J connectivity index is 1.34. The lowest BCUT2D eigenvalue weighted by molar-refractivity contribution is -0.152. The van der Waals surface area contributed by atoms with Gasteiger partial charge in [-0.1, -0.05) is 182 Å². The van der Waals surface area contributed by atoms with Gasteiger partial charge in [-0.05, 0) is 74.9 Å². The van der Waals surface area contributed by atoms with Gasteiger partial charge in [-0.25, -0.2) is 0 Å². The van der Waals surface area contributed by atoms with Gasteiger partial charge in [0, 0.05) is 41.0 Å². The summed E-state index contributed by atoms with van der Waals surface area (Å²) < 4.78 is 16.2. The molecule has 0 saturated carbocycles. The molecule has 0 aliphatic carbocycles. The van der Waals surface area contributed by atoms with E-state index in [9.17, 15) is 19.2 Å². The molecule has 528 valence electrons. The first-order valence-corrected chi connectivity index (χ1v) is 33.2. The Morgan fingerprint density at radius 3 is 0.727 bits per heavy atom. The zero-order chi connectivity index (χ0) is 72.0. The van der Waals surface area contributed by atoms with Crippen LogP contribution in [0.25, 0.3) is 0 Å². The van der Waals surface area contributed by atoms with E-state index in [1.165, 1.54) is 65.4 Å². The zero-order valence-electron chi connectivity index (χ0n) is 58.4. The van der Waals surface area contributed by atoms with Crippen molar-refractivity contribution in [3.05, 3.63) is 215 Å². The highest BCUT2D eigenvalue weighted by molar-refractivity contribution is 5.94. The number of ether oxygens (including phenoxy) is 3. The number of benzene rings is 6. The van der Waals surface area contributed by atoms with Gasteiger partial charge >= 0.3 is 0 Å². The summed E-state index contributed by atoms with van der Waals surface area (Å²) in [5.74, 6) is -5.74. The fourth-order valence-electron chi connectivity index (χ4n) is 11.6. The molecule has 0 heterocycles. The maximum atomic E-state index is 15.6. The van der Waals surface area contributed by atoms with E-state index in [-0.39, 0.29) is 46.0 Å². The van der Waals surface area contributed by atoms with Crippen LogP contribution in [-0.2, 0) is 62.2 Å². The quantitative estimate of drug-likeness (QED) is 0.0379. The van der Waals surface area contributed by atoms with Crippen LogP contribution in [0, 0.1) is 0 Å². The van der Waals surface area contributed by atoms with Gasteiger partial charge in [-0.2, -0.15) is 0 Å². The van der Waals surface area contributed by atoms with Crippen LogP contribution < -0.4 is 5.73 Å². The van der Waals surface area contributed by atoms with Crippen LogP contribution in [-0.4, -0.2) is 223 Å². The minimum atomic E-state index is -0.812. The minimum absolute atomic E-state index is 0.0236. The lowest BCUT2D eigenvalue weighted by atomic mass is 10.0. The van der Waals surface area contributed by atoms with Crippen molar-refractivity contribution in [2.45, 2.75) is 77.8 Å². The smallest absolute Gasteiger partial charge is 0.243 e. The number of hydrogen-bond acceptors (Lipinski definition) is 13. The monoisotopic (exact) mass is 1360 g/mol. The Hall–Kier alpha value is -10.1. The molecule has 0 spiro atoms. The van der Waals surface area contributed by atoms with E-state index < -0.39 is 142 Å². The third-order valence-corrected chi connectivity index (χ3v) is 17.8. The number of carbonyl (C=O) groups is 10. The molecule has 6 atom stereocenters. The third-order valence-electron chi connectivity index (χ3n) is 17.8. The van der Waals surface area contributed by atoms with Gasteiger partial charge in [0.1, 0.15) is 32.7 Å². The summed E-state index contributed by atoms with van der Waals surface area (Å²) in [5.41, 5.74) is 9.81. The van der Waals surface area contributed by atoms with Crippen molar-refractivity contribution in [3.63, 3.8) is 0 Å². The highest BCUT2D eigenvalue weighted by Crippen LogP contribution is 2.29. The number of rotatable bonds is 40. The van der Waals surface area contributed by atoms with Crippen molar-refractivity contribution in [1.29, 1.82) is 0 Å². The predicted molar refractivity (Wildman–Crippen MR) is 375 cm³/mol. The summed E-state index contributed by atoms with van der Waals surface area (Å²) in [6.45, 7) is 5.79. The first kappa shape index (κ1) is 77.9. The largest absolute Gasteiger partial charge is 0.383 e. The average molecular weight is 1360 g/mol. The van der Waals surface area contributed by atoms with Gasteiger partial charge in [-0.15, -0.1) is 0 Å². The fraction of sp³-hybridized carbons (Fsp3) is 0.395. The van der Waals surface area contributed by atoms with Gasteiger partial charge in [0.25, 0.3) is 0 Å². The molecule has 23 nitrogen and oxygen atoms in total. The maximum absolute atomic E-state index is 15.6. The number of nitrogens with zero attached hydrogens (tertiary/aromatic N) is 9. The molecule has 6 rings (SSSR count). The lowest BCUT2D eigenvalue weighted by Gasteiger charge is -2.37.